The standard InChI is InChI=1S/C10H19N3/c1-5-8(2)13-7-10(3,4)6-9(13)12-11/h5-6,12H,7,11H2,1-4H3/b8-5-. The van der Waals surface area contributed by atoms with Crippen LogP contribution in [0, 0.1) is 5.41 Å². The van der Waals surface area contributed by atoms with E-state index in [0.29, 0.717) is 0 Å². The lowest BCUT2D eigenvalue weighted by Crippen LogP contribution is -2.32. The first-order valence-corrected chi connectivity index (χ1v) is 4.60. The molecule has 13 heavy (non-hydrogen) atoms. The van der Waals surface area contributed by atoms with Crippen LogP contribution in [0.25, 0.3) is 0 Å². The van der Waals surface area contributed by atoms with E-state index >= 15 is 0 Å². The molecule has 0 fully saturated rings. The fraction of sp³-hybridized carbons (Fsp3) is 0.600. The number of nitrogens with zero attached hydrogens (tertiary/aromatic N) is 1. The second kappa shape index (κ2) is 3.42. The van der Waals surface area contributed by atoms with E-state index in [-0.39, 0.29) is 5.41 Å². The van der Waals surface area contributed by atoms with Crippen molar-refractivity contribution >= 4 is 0 Å². The predicted molar refractivity (Wildman–Crippen MR) is 55.3 cm³/mol. The normalized spacial score (nSPS) is 21.8. The van der Waals surface area contributed by atoms with Crippen LogP contribution in [0.15, 0.2) is 23.7 Å². The van der Waals surface area contributed by atoms with Crippen molar-refractivity contribution in [1.29, 1.82) is 0 Å². The van der Waals surface area contributed by atoms with Gasteiger partial charge in [0.05, 0.1) is 0 Å². The molecule has 0 radical (unpaired) electrons. The van der Waals surface area contributed by atoms with Crippen molar-refractivity contribution in [3.8, 4) is 0 Å². The van der Waals surface area contributed by atoms with E-state index in [1.54, 1.807) is 0 Å². The van der Waals surface area contributed by atoms with Crippen LogP contribution in [0.3, 0.4) is 0 Å². The largest absolute Gasteiger partial charge is 0.331 e. The Kier molecular flexibility index (Phi) is 2.66. The molecule has 0 unspecified atom stereocenters. The van der Waals surface area contributed by atoms with Gasteiger partial charge in [-0.15, -0.1) is 0 Å². The smallest absolute Gasteiger partial charge is 0.116 e. The summed E-state index contributed by atoms with van der Waals surface area (Å²) in [4.78, 5) is 2.19. The molecule has 1 aliphatic rings. The third-order valence-electron chi connectivity index (χ3n) is 2.38. The first-order chi connectivity index (χ1) is 6.00. The van der Waals surface area contributed by atoms with Gasteiger partial charge >= 0.3 is 0 Å². The Bertz CT molecular complexity index is 251. The van der Waals surface area contributed by atoms with Gasteiger partial charge in [-0.25, -0.2) is 5.84 Å². The summed E-state index contributed by atoms with van der Waals surface area (Å²) in [6.07, 6.45) is 4.26. The van der Waals surface area contributed by atoms with E-state index in [1.165, 1.54) is 5.70 Å². The third-order valence-corrected chi connectivity index (χ3v) is 2.38. The van der Waals surface area contributed by atoms with Gasteiger partial charge < -0.3 is 10.3 Å². The van der Waals surface area contributed by atoms with Gasteiger partial charge in [-0.2, -0.15) is 0 Å². The summed E-state index contributed by atoms with van der Waals surface area (Å²) in [6.45, 7) is 9.52. The highest BCUT2D eigenvalue weighted by Gasteiger charge is 2.29. The van der Waals surface area contributed by atoms with Crippen LogP contribution in [0.5, 0.6) is 0 Å². The van der Waals surface area contributed by atoms with E-state index in [1.807, 2.05) is 6.92 Å². The number of hydrazine groups is 1. The zero-order chi connectivity index (χ0) is 10.1. The molecule has 1 heterocycles. The maximum Gasteiger partial charge on any atom is 0.116 e. The maximum absolute atomic E-state index is 5.45. The Balaban J connectivity index is 2.87. The Hall–Kier alpha value is -0.960. The lowest BCUT2D eigenvalue weighted by atomic mass is 9.96. The molecule has 0 atom stereocenters. The quantitative estimate of drug-likeness (QED) is 0.502. The Morgan fingerprint density at radius 2 is 2.31 bits per heavy atom. The van der Waals surface area contributed by atoms with Crippen molar-refractivity contribution in [2.75, 3.05) is 6.54 Å². The van der Waals surface area contributed by atoms with Crippen LogP contribution in [0.2, 0.25) is 0 Å². The molecule has 3 nitrogen and oxygen atoms in total. The highest BCUT2D eigenvalue weighted by Crippen LogP contribution is 2.31. The molecule has 0 spiro atoms. The fourth-order valence-corrected chi connectivity index (χ4v) is 1.58. The first kappa shape index (κ1) is 10.1. The molecule has 0 saturated carbocycles. The summed E-state index contributed by atoms with van der Waals surface area (Å²) in [5.41, 5.74) is 4.16. The van der Waals surface area contributed by atoms with Crippen LogP contribution < -0.4 is 11.3 Å². The first-order valence-electron chi connectivity index (χ1n) is 4.60. The minimum absolute atomic E-state index is 0.200. The van der Waals surface area contributed by atoms with Gasteiger partial charge in [0.1, 0.15) is 5.82 Å². The maximum atomic E-state index is 5.45. The molecule has 1 aliphatic heterocycles. The zero-order valence-electron chi connectivity index (χ0n) is 8.89. The number of allylic oxidation sites excluding steroid dienone is 2. The molecule has 0 aliphatic carbocycles. The Morgan fingerprint density at radius 3 is 2.77 bits per heavy atom. The van der Waals surface area contributed by atoms with Crippen LogP contribution in [-0.2, 0) is 0 Å². The monoisotopic (exact) mass is 181 g/mol. The van der Waals surface area contributed by atoms with Gasteiger partial charge in [0.25, 0.3) is 0 Å². The van der Waals surface area contributed by atoms with E-state index in [9.17, 15) is 0 Å². The number of hydrogen-bond acceptors (Lipinski definition) is 3. The van der Waals surface area contributed by atoms with Crippen molar-refractivity contribution in [3.63, 3.8) is 0 Å². The average Bonchev–Trinajstić information content (AvgIpc) is 2.39. The molecule has 0 aromatic heterocycles. The number of hydrogen-bond donors (Lipinski definition) is 2. The second-order valence-corrected chi connectivity index (χ2v) is 4.18. The van der Waals surface area contributed by atoms with Crippen molar-refractivity contribution in [3.05, 3.63) is 23.7 Å². The lowest BCUT2D eigenvalue weighted by Gasteiger charge is -2.25. The van der Waals surface area contributed by atoms with Crippen molar-refractivity contribution in [2.24, 2.45) is 11.3 Å². The minimum atomic E-state index is 0.200. The molecule has 1 rings (SSSR count). The summed E-state index contributed by atoms with van der Waals surface area (Å²) in [5, 5.41) is 0. The summed E-state index contributed by atoms with van der Waals surface area (Å²) < 4.78 is 0. The van der Waals surface area contributed by atoms with Crippen LogP contribution in [0.1, 0.15) is 27.7 Å². The van der Waals surface area contributed by atoms with Gasteiger partial charge in [0.15, 0.2) is 0 Å². The van der Waals surface area contributed by atoms with Crippen molar-refractivity contribution in [2.45, 2.75) is 27.7 Å². The Labute approximate surface area is 80.3 Å². The summed E-state index contributed by atoms with van der Waals surface area (Å²) in [6, 6.07) is 0. The summed E-state index contributed by atoms with van der Waals surface area (Å²) >= 11 is 0. The molecule has 3 N–H and O–H groups in total. The third kappa shape index (κ3) is 2.04. The van der Waals surface area contributed by atoms with E-state index < -0.39 is 0 Å². The number of rotatable bonds is 2. The van der Waals surface area contributed by atoms with Gasteiger partial charge in [-0.3, -0.25) is 0 Å². The zero-order valence-corrected chi connectivity index (χ0v) is 8.89. The van der Waals surface area contributed by atoms with Gasteiger partial charge in [-0.05, 0) is 19.9 Å². The molecular weight excluding hydrogens is 162 g/mol. The van der Waals surface area contributed by atoms with Crippen LogP contribution in [0.4, 0.5) is 0 Å². The summed E-state index contributed by atoms with van der Waals surface area (Å²) in [7, 11) is 0. The molecule has 3 heteroatoms. The second-order valence-electron chi connectivity index (χ2n) is 4.18. The number of nitrogens with one attached hydrogen (secondary N) is 1. The molecular formula is C10H19N3. The van der Waals surface area contributed by atoms with Crippen LogP contribution in [-0.4, -0.2) is 11.4 Å². The highest BCUT2D eigenvalue weighted by atomic mass is 15.4. The predicted octanol–water partition coefficient (Wildman–Crippen LogP) is 1.56. The molecule has 0 bridgehead atoms. The van der Waals surface area contributed by atoms with Gasteiger partial charge in [0.2, 0.25) is 0 Å². The minimum Gasteiger partial charge on any atom is -0.331 e. The fourth-order valence-electron chi connectivity index (χ4n) is 1.58. The van der Waals surface area contributed by atoms with Gasteiger partial charge in [0, 0.05) is 17.7 Å². The highest BCUT2D eigenvalue weighted by molar-refractivity contribution is 5.19. The lowest BCUT2D eigenvalue weighted by molar-refractivity contribution is 0.343. The number of nitrogens with two attached hydrogens (primary N) is 1. The SMILES string of the molecule is C/C=C(/C)N1CC(C)(C)C=C1NN. The van der Waals surface area contributed by atoms with Crippen LogP contribution >= 0.6 is 0 Å². The molecule has 0 amide bonds. The van der Waals surface area contributed by atoms with Gasteiger partial charge in [-0.1, -0.05) is 19.9 Å². The average molecular weight is 181 g/mol. The molecule has 0 saturated heterocycles. The molecule has 0 aromatic carbocycles. The van der Waals surface area contributed by atoms with E-state index in [0.717, 1.165) is 12.4 Å². The molecule has 74 valence electrons. The Morgan fingerprint density at radius 1 is 1.69 bits per heavy atom. The molecule has 0 aromatic rings. The topological polar surface area (TPSA) is 41.3 Å². The summed E-state index contributed by atoms with van der Waals surface area (Å²) in [5.74, 6) is 6.45. The van der Waals surface area contributed by atoms with E-state index in [2.05, 4.69) is 43.2 Å². The van der Waals surface area contributed by atoms with E-state index in [4.69, 9.17) is 5.84 Å². The van der Waals surface area contributed by atoms with Crippen molar-refractivity contribution in [1.82, 2.24) is 10.3 Å². The van der Waals surface area contributed by atoms with Crippen molar-refractivity contribution < 1.29 is 0 Å².